The Balaban J connectivity index is 2.50. The maximum Gasteiger partial charge on any atom is 0.175 e. The maximum atomic E-state index is 5.86. The van der Waals surface area contributed by atoms with Crippen LogP contribution in [0.2, 0.25) is 0 Å². The molecule has 2 rings (SSSR count). The highest BCUT2D eigenvalue weighted by Gasteiger charge is 2.32. The third kappa shape index (κ3) is 3.05. The second-order valence-corrected chi connectivity index (χ2v) is 6.43. The molecule has 0 aromatic heterocycles. The van der Waals surface area contributed by atoms with Crippen LogP contribution in [0.1, 0.15) is 30.5 Å². The molecule has 0 bridgehead atoms. The highest BCUT2D eigenvalue weighted by molar-refractivity contribution is 9.10. The van der Waals surface area contributed by atoms with Gasteiger partial charge in [0.2, 0.25) is 0 Å². The van der Waals surface area contributed by atoms with E-state index in [0.717, 1.165) is 41.9 Å². The first-order chi connectivity index (χ1) is 10.1. The van der Waals surface area contributed by atoms with Gasteiger partial charge in [0, 0.05) is 12.6 Å². The molecule has 0 spiro atoms. The molecule has 1 aliphatic rings. The number of methoxy groups -OCH3 is 2. The van der Waals surface area contributed by atoms with Crippen LogP contribution in [0.5, 0.6) is 11.5 Å². The first kappa shape index (κ1) is 16.6. The number of nitrogens with two attached hydrogens (primary N) is 1. The lowest BCUT2D eigenvalue weighted by Gasteiger charge is -2.25. The topological polar surface area (TPSA) is 47.7 Å². The van der Waals surface area contributed by atoms with Crippen LogP contribution in [0.25, 0.3) is 0 Å². The van der Waals surface area contributed by atoms with Crippen LogP contribution < -0.4 is 15.2 Å². The van der Waals surface area contributed by atoms with Gasteiger partial charge in [-0.15, -0.1) is 0 Å². The van der Waals surface area contributed by atoms with E-state index >= 15 is 0 Å². The van der Waals surface area contributed by atoms with Crippen LogP contribution >= 0.6 is 15.9 Å². The lowest BCUT2D eigenvalue weighted by Crippen LogP contribution is -2.21. The summed E-state index contributed by atoms with van der Waals surface area (Å²) < 4.78 is 12.0. The van der Waals surface area contributed by atoms with Gasteiger partial charge in [-0.05, 0) is 65.5 Å². The minimum absolute atomic E-state index is 0.393. The van der Waals surface area contributed by atoms with Crippen molar-refractivity contribution in [3.8, 4) is 11.5 Å². The molecule has 118 valence electrons. The van der Waals surface area contributed by atoms with Crippen molar-refractivity contribution >= 4 is 15.9 Å². The Labute approximate surface area is 135 Å². The summed E-state index contributed by atoms with van der Waals surface area (Å²) in [7, 11) is 5.53. The van der Waals surface area contributed by atoms with Gasteiger partial charge in [-0.3, -0.25) is 4.90 Å². The lowest BCUT2D eigenvalue weighted by atomic mass is 9.94. The fourth-order valence-corrected chi connectivity index (χ4v) is 4.17. The lowest BCUT2D eigenvalue weighted by molar-refractivity contribution is 0.309. The van der Waals surface area contributed by atoms with Crippen molar-refractivity contribution < 1.29 is 9.47 Å². The Morgan fingerprint density at radius 2 is 2.10 bits per heavy atom. The predicted octanol–water partition coefficient (Wildman–Crippen LogP) is 2.98. The van der Waals surface area contributed by atoms with Gasteiger partial charge in [0.25, 0.3) is 0 Å². The average molecular weight is 357 g/mol. The van der Waals surface area contributed by atoms with Gasteiger partial charge in [-0.2, -0.15) is 0 Å². The summed E-state index contributed by atoms with van der Waals surface area (Å²) in [6.45, 7) is 3.97. The number of rotatable bonds is 5. The third-order valence-electron chi connectivity index (χ3n) is 4.43. The highest BCUT2D eigenvalue weighted by Crippen LogP contribution is 2.45. The average Bonchev–Trinajstić information content (AvgIpc) is 2.87. The van der Waals surface area contributed by atoms with Gasteiger partial charge in [-0.25, -0.2) is 0 Å². The summed E-state index contributed by atoms with van der Waals surface area (Å²) >= 11 is 3.70. The SMILES string of the molecule is CCc1c(C2CC(CN)CN2C)cc(OC)c(OC)c1Br. The zero-order chi connectivity index (χ0) is 15.6. The molecule has 1 fully saturated rings. The molecule has 0 saturated carbocycles. The van der Waals surface area contributed by atoms with E-state index in [4.69, 9.17) is 15.2 Å². The Hall–Kier alpha value is -0.780. The number of hydrogen-bond donors (Lipinski definition) is 1. The summed E-state index contributed by atoms with van der Waals surface area (Å²) in [6, 6.07) is 2.52. The molecule has 2 unspecified atom stereocenters. The van der Waals surface area contributed by atoms with Crippen LogP contribution in [0, 0.1) is 5.92 Å². The van der Waals surface area contributed by atoms with Gasteiger partial charge in [0.05, 0.1) is 18.7 Å². The van der Waals surface area contributed by atoms with Crippen molar-refractivity contribution in [2.45, 2.75) is 25.8 Å². The normalized spacial score (nSPS) is 22.6. The van der Waals surface area contributed by atoms with Crippen LogP contribution in [-0.2, 0) is 6.42 Å². The van der Waals surface area contributed by atoms with Gasteiger partial charge >= 0.3 is 0 Å². The molecule has 1 aromatic rings. The molecule has 21 heavy (non-hydrogen) atoms. The summed E-state index contributed by atoms with van der Waals surface area (Å²) in [5, 5.41) is 0. The maximum absolute atomic E-state index is 5.86. The van der Waals surface area contributed by atoms with E-state index in [2.05, 4.69) is 40.9 Å². The quantitative estimate of drug-likeness (QED) is 0.880. The van der Waals surface area contributed by atoms with Crippen molar-refractivity contribution in [2.24, 2.45) is 11.7 Å². The fourth-order valence-electron chi connectivity index (χ4n) is 3.30. The minimum atomic E-state index is 0.393. The molecule has 1 aromatic carbocycles. The molecule has 4 nitrogen and oxygen atoms in total. The minimum Gasteiger partial charge on any atom is -0.493 e. The summed E-state index contributed by atoms with van der Waals surface area (Å²) in [5.74, 6) is 2.12. The molecule has 2 atom stereocenters. The van der Waals surface area contributed by atoms with E-state index < -0.39 is 0 Å². The van der Waals surface area contributed by atoms with Crippen LogP contribution in [0.15, 0.2) is 10.5 Å². The highest BCUT2D eigenvalue weighted by atomic mass is 79.9. The number of nitrogens with zero attached hydrogens (tertiary/aromatic N) is 1. The molecule has 2 N–H and O–H groups in total. The molecule has 1 saturated heterocycles. The number of likely N-dealkylation sites (tertiary alicyclic amines) is 1. The Kier molecular flexibility index (Phi) is 5.52. The molecule has 1 aliphatic heterocycles. The number of benzene rings is 1. The van der Waals surface area contributed by atoms with E-state index in [9.17, 15) is 0 Å². The summed E-state index contributed by atoms with van der Waals surface area (Å²) in [5.41, 5.74) is 8.47. The summed E-state index contributed by atoms with van der Waals surface area (Å²) in [6.07, 6.45) is 2.05. The first-order valence-corrected chi connectivity index (χ1v) is 8.20. The number of halogens is 1. The van der Waals surface area contributed by atoms with Crippen molar-refractivity contribution in [1.29, 1.82) is 0 Å². The Bertz CT molecular complexity index is 508. The second-order valence-electron chi connectivity index (χ2n) is 5.64. The van der Waals surface area contributed by atoms with E-state index in [-0.39, 0.29) is 0 Å². The van der Waals surface area contributed by atoms with Gasteiger partial charge in [0.15, 0.2) is 11.5 Å². The second kappa shape index (κ2) is 6.99. The van der Waals surface area contributed by atoms with Gasteiger partial charge in [0.1, 0.15) is 0 Å². The molecular weight excluding hydrogens is 332 g/mol. The third-order valence-corrected chi connectivity index (χ3v) is 5.27. The van der Waals surface area contributed by atoms with Crippen molar-refractivity contribution in [3.05, 3.63) is 21.7 Å². The molecule has 5 heteroatoms. The predicted molar refractivity (Wildman–Crippen MR) is 89.2 cm³/mol. The zero-order valence-corrected chi connectivity index (χ0v) is 14.9. The summed E-state index contributed by atoms with van der Waals surface area (Å²) in [4.78, 5) is 2.39. The van der Waals surface area contributed by atoms with Gasteiger partial charge < -0.3 is 15.2 Å². The molecule has 0 aliphatic carbocycles. The Morgan fingerprint density at radius 3 is 2.57 bits per heavy atom. The van der Waals surface area contributed by atoms with E-state index in [1.54, 1.807) is 14.2 Å². The van der Waals surface area contributed by atoms with E-state index in [0.29, 0.717) is 12.0 Å². The van der Waals surface area contributed by atoms with Gasteiger partial charge in [-0.1, -0.05) is 6.92 Å². The van der Waals surface area contributed by atoms with Crippen molar-refractivity contribution in [3.63, 3.8) is 0 Å². The monoisotopic (exact) mass is 356 g/mol. The fraction of sp³-hybridized carbons (Fsp3) is 0.625. The first-order valence-electron chi connectivity index (χ1n) is 7.40. The van der Waals surface area contributed by atoms with Crippen LogP contribution in [0.4, 0.5) is 0 Å². The largest absolute Gasteiger partial charge is 0.493 e. The molecular formula is C16H25BrN2O2. The van der Waals surface area contributed by atoms with Crippen LogP contribution in [-0.4, -0.2) is 39.3 Å². The Morgan fingerprint density at radius 1 is 1.38 bits per heavy atom. The standard InChI is InChI=1S/C16H25BrN2O2/c1-5-11-12(13-6-10(8-18)9-19(13)2)7-14(20-3)16(21-4)15(11)17/h7,10,13H,5-6,8-9,18H2,1-4H3. The van der Waals surface area contributed by atoms with Crippen LogP contribution in [0.3, 0.4) is 0 Å². The molecule has 0 radical (unpaired) electrons. The molecule has 1 heterocycles. The smallest absolute Gasteiger partial charge is 0.175 e. The number of ether oxygens (including phenoxy) is 2. The van der Waals surface area contributed by atoms with Crippen molar-refractivity contribution in [1.82, 2.24) is 4.90 Å². The van der Waals surface area contributed by atoms with Crippen molar-refractivity contribution in [2.75, 3.05) is 34.4 Å². The number of hydrogen-bond acceptors (Lipinski definition) is 4. The molecule has 0 amide bonds. The van der Waals surface area contributed by atoms with E-state index in [1.165, 1.54) is 11.1 Å². The zero-order valence-electron chi connectivity index (χ0n) is 13.3. The van der Waals surface area contributed by atoms with E-state index in [1.807, 2.05) is 0 Å².